The van der Waals surface area contributed by atoms with Crippen LogP contribution in [0.5, 0.6) is 0 Å². The highest BCUT2D eigenvalue weighted by Gasteiger charge is 2.05. The Balaban J connectivity index is 2.60. The van der Waals surface area contributed by atoms with Gasteiger partial charge in [0.25, 0.3) is 0 Å². The Morgan fingerprint density at radius 3 is 2.86 bits per heavy atom. The molecule has 3 aromatic rings. The molecule has 1 radical (unpaired) electrons. The van der Waals surface area contributed by atoms with Gasteiger partial charge < -0.3 is 4.42 Å². The first-order chi connectivity index (χ1) is 6.84. The maximum Gasteiger partial charge on any atom is 0.196 e. The summed E-state index contributed by atoms with van der Waals surface area (Å²) in [7, 11) is 0. The molecule has 3 rings (SSSR count). The van der Waals surface area contributed by atoms with Crippen molar-refractivity contribution in [1.29, 1.82) is 0 Å². The first-order valence-corrected chi connectivity index (χ1v) is 4.45. The second-order valence-corrected chi connectivity index (χ2v) is 3.24. The number of oxazole rings is 1. The molecule has 1 aromatic heterocycles. The molecule has 2 heteroatoms. The van der Waals surface area contributed by atoms with Gasteiger partial charge in [-0.25, -0.2) is 4.98 Å². The van der Waals surface area contributed by atoms with Crippen LogP contribution in [0.1, 0.15) is 5.89 Å². The molecule has 2 nitrogen and oxygen atoms in total. The number of hydrogen-bond acceptors (Lipinski definition) is 2. The van der Waals surface area contributed by atoms with Crippen LogP contribution in [-0.2, 0) is 0 Å². The molecule has 0 bridgehead atoms. The van der Waals surface area contributed by atoms with Crippen molar-refractivity contribution >= 4 is 21.9 Å². The Bertz CT molecular complexity index is 610. The van der Waals surface area contributed by atoms with Crippen LogP contribution in [0.15, 0.2) is 40.8 Å². The Kier molecular flexibility index (Phi) is 1.39. The van der Waals surface area contributed by atoms with E-state index in [9.17, 15) is 0 Å². The van der Waals surface area contributed by atoms with Crippen molar-refractivity contribution in [2.45, 2.75) is 0 Å². The van der Waals surface area contributed by atoms with Gasteiger partial charge in [0.2, 0.25) is 0 Å². The van der Waals surface area contributed by atoms with Gasteiger partial charge in [-0.2, -0.15) is 0 Å². The van der Waals surface area contributed by atoms with Crippen LogP contribution in [0.2, 0.25) is 0 Å². The molecule has 0 aliphatic heterocycles. The molecule has 0 amide bonds. The fraction of sp³-hybridized carbons (Fsp3) is 0. The second kappa shape index (κ2) is 2.58. The summed E-state index contributed by atoms with van der Waals surface area (Å²) in [5.74, 6) is 0.469. The Morgan fingerprint density at radius 1 is 1.07 bits per heavy atom. The van der Waals surface area contributed by atoms with Gasteiger partial charge in [-0.1, -0.05) is 30.3 Å². The van der Waals surface area contributed by atoms with E-state index in [1.807, 2.05) is 30.3 Å². The summed E-state index contributed by atoms with van der Waals surface area (Å²) in [5.41, 5.74) is 1.70. The number of benzene rings is 2. The summed E-state index contributed by atoms with van der Waals surface area (Å²) in [6, 6.07) is 12.1. The third-order valence-corrected chi connectivity index (χ3v) is 2.32. The number of rotatable bonds is 0. The van der Waals surface area contributed by atoms with Crippen LogP contribution >= 0.6 is 0 Å². The quantitative estimate of drug-likeness (QED) is 0.533. The minimum absolute atomic E-state index is 0.469. The van der Waals surface area contributed by atoms with Crippen LogP contribution < -0.4 is 0 Å². The summed E-state index contributed by atoms with van der Waals surface area (Å²) < 4.78 is 5.46. The molecule has 0 spiro atoms. The van der Waals surface area contributed by atoms with Gasteiger partial charge in [0.15, 0.2) is 11.5 Å². The smallest absolute Gasteiger partial charge is 0.196 e. The zero-order valence-electron chi connectivity index (χ0n) is 7.53. The van der Waals surface area contributed by atoms with Crippen LogP contribution in [0, 0.1) is 6.92 Å². The summed E-state index contributed by atoms with van der Waals surface area (Å²) in [4.78, 5) is 4.19. The lowest BCUT2D eigenvalue weighted by molar-refractivity contribution is 0.582. The van der Waals surface area contributed by atoms with E-state index in [2.05, 4.69) is 18.0 Å². The zero-order chi connectivity index (χ0) is 9.54. The van der Waals surface area contributed by atoms with E-state index in [-0.39, 0.29) is 0 Å². The van der Waals surface area contributed by atoms with E-state index in [1.54, 1.807) is 0 Å². The lowest BCUT2D eigenvalue weighted by Gasteiger charge is -1.95. The molecule has 14 heavy (non-hydrogen) atoms. The molecule has 0 unspecified atom stereocenters. The fourth-order valence-corrected chi connectivity index (χ4v) is 1.70. The van der Waals surface area contributed by atoms with Crippen LogP contribution in [0.4, 0.5) is 0 Å². The molecule has 0 aliphatic rings. The van der Waals surface area contributed by atoms with E-state index >= 15 is 0 Å². The van der Waals surface area contributed by atoms with Crippen LogP contribution in [0.3, 0.4) is 0 Å². The van der Waals surface area contributed by atoms with Crippen molar-refractivity contribution in [3.63, 3.8) is 0 Å². The minimum atomic E-state index is 0.469. The second-order valence-electron chi connectivity index (χ2n) is 3.24. The van der Waals surface area contributed by atoms with Crippen molar-refractivity contribution in [3.05, 3.63) is 49.2 Å². The number of aromatic nitrogens is 1. The van der Waals surface area contributed by atoms with Gasteiger partial charge in [0.05, 0.1) is 0 Å². The maximum atomic E-state index is 5.46. The Labute approximate surface area is 81.2 Å². The average Bonchev–Trinajstić information content (AvgIpc) is 2.59. The molecule has 1 heterocycles. The lowest BCUT2D eigenvalue weighted by atomic mass is 10.1. The molecule has 0 atom stereocenters. The third kappa shape index (κ3) is 0.940. The van der Waals surface area contributed by atoms with Crippen LogP contribution in [0.25, 0.3) is 21.9 Å². The predicted octanol–water partition coefficient (Wildman–Crippen LogP) is 3.16. The van der Waals surface area contributed by atoms with E-state index in [0.29, 0.717) is 5.89 Å². The molecule has 0 aliphatic carbocycles. The molecule has 0 saturated carbocycles. The summed E-state index contributed by atoms with van der Waals surface area (Å²) in [6.07, 6.45) is 0. The van der Waals surface area contributed by atoms with Crippen molar-refractivity contribution in [2.75, 3.05) is 0 Å². The first kappa shape index (κ1) is 7.56. The van der Waals surface area contributed by atoms with Crippen molar-refractivity contribution < 1.29 is 4.42 Å². The van der Waals surface area contributed by atoms with Gasteiger partial charge in [-0.3, -0.25) is 0 Å². The standard InChI is InChI=1S/C12H8NO/c1-8-13-11-7-6-9-4-2-3-5-10(9)12(11)14-8/h2-7H,1H2. The summed E-state index contributed by atoms with van der Waals surface area (Å²) in [5, 5.41) is 2.25. The van der Waals surface area contributed by atoms with E-state index in [4.69, 9.17) is 4.42 Å². The largest absolute Gasteiger partial charge is 0.440 e. The molecule has 0 fully saturated rings. The van der Waals surface area contributed by atoms with E-state index < -0.39 is 0 Å². The number of hydrogen-bond donors (Lipinski definition) is 0. The highest BCUT2D eigenvalue weighted by atomic mass is 16.3. The van der Waals surface area contributed by atoms with Gasteiger partial charge >= 0.3 is 0 Å². The zero-order valence-corrected chi connectivity index (χ0v) is 7.53. The first-order valence-electron chi connectivity index (χ1n) is 4.45. The maximum absolute atomic E-state index is 5.46. The van der Waals surface area contributed by atoms with Gasteiger partial charge in [0, 0.05) is 12.3 Å². The molecular formula is C12H8NO. The SMILES string of the molecule is [CH2]c1nc2ccc3ccccc3c2o1. The average molecular weight is 182 g/mol. The van der Waals surface area contributed by atoms with Gasteiger partial charge in [0.1, 0.15) is 5.52 Å². The van der Waals surface area contributed by atoms with Crippen molar-refractivity contribution in [2.24, 2.45) is 0 Å². The van der Waals surface area contributed by atoms with Crippen molar-refractivity contribution in [1.82, 2.24) is 4.98 Å². The molecule has 0 saturated heterocycles. The fourth-order valence-electron chi connectivity index (χ4n) is 1.70. The van der Waals surface area contributed by atoms with E-state index in [1.165, 1.54) is 0 Å². The Hall–Kier alpha value is -1.83. The Morgan fingerprint density at radius 2 is 1.93 bits per heavy atom. The third-order valence-electron chi connectivity index (χ3n) is 2.32. The van der Waals surface area contributed by atoms with E-state index in [0.717, 1.165) is 21.9 Å². The van der Waals surface area contributed by atoms with Gasteiger partial charge in [-0.15, -0.1) is 0 Å². The molecule has 2 aromatic carbocycles. The monoisotopic (exact) mass is 182 g/mol. The predicted molar refractivity (Wildman–Crippen MR) is 56.0 cm³/mol. The van der Waals surface area contributed by atoms with Gasteiger partial charge in [-0.05, 0) is 11.5 Å². The molecular weight excluding hydrogens is 174 g/mol. The van der Waals surface area contributed by atoms with Crippen LogP contribution in [-0.4, -0.2) is 4.98 Å². The highest BCUT2D eigenvalue weighted by molar-refractivity contribution is 6.02. The molecule has 67 valence electrons. The topological polar surface area (TPSA) is 26.0 Å². The molecule has 0 N–H and O–H groups in total. The minimum Gasteiger partial charge on any atom is -0.440 e. The summed E-state index contributed by atoms with van der Waals surface area (Å²) in [6.45, 7) is 3.69. The normalized spacial score (nSPS) is 11.2. The van der Waals surface area contributed by atoms with Crippen molar-refractivity contribution in [3.8, 4) is 0 Å². The number of fused-ring (bicyclic) bond motifs is 3. The number of nitrogens with zero attached hydrogens (tertiary/aromatic N) is 1. The summed E-state index contributed by atoms with van der Waals surface area (Å²) >= 11 is 0. The highest BCUT2D eigenvalue weighted by Crippen LogP contribution is 2.25. The lowest BCUT2D eigenvalue weighted by Crippen LogP contribution is -1.72.